The van der Waals surface area contributed by atoms with Crippen LogP contribution in [-0.2, 0) is 4.79 Å². The summed E-state index contributed by atoms with van der Waals surface area (Å²) in [5.74, 6) is -0.993. The van der Waals surface area contributed by atoms with Gasteiger partial charge in [-0.1, -0.05) is 54.6 Å². The fourth-order valence-electron chi connectivity index (χ4n) is 2.15. The Morgan fingerprint density at radius 2 is 1.61 bits per heavy atom. The van der Waals surface area contributed by atoms with Crippen molar-refractivity contribution < 1.29 is 9.59 Å². The van der Waals surface area contributed by atoms with Crippen molar-refractivity contribution in [3.63, 3.8) is 0 Å². The summed E-state index contributed by atoms with van der Waals surface area (Å²) in [7, 11) is 0. The number of carbonyl (C=O) groups excluding carboxylic acids is 2. The van der Waals surface area contributed by atoms with Crippen LogP contribution in [0.3, 0.4) is 0 Å². The first-order valence-electron chi connectivity index (χ1n) is 7.16. The van der Waals surface area contributed by atoms with Crippen LogP contribution < -0.4 is 5.32 Å². The molecule has 0 spiro atoms. The van der Waals surface area contributed by atoms with Gasteiger partial charge in [0.15, 0.2) is 0 Å². The largest absolute Gasteiger partial charge is 0.287 e. The summed E-state index contributed by atoms with van der Waals surface area (Å²) in [5.41, 5.74) is 1.82. The molecular weight excluding hydrogens is 288 g/mol. The van der Waals surface area contributed by atoms with Crippen molar-refractivity contribution in [1.29, 1.82) is 0 Å². The van der Waals surface area contributed by atoms with Gasteiger partial charge in [0.05, 0.1) is 5.52 Å². The van der Waals surface area contributed by atoms with Crippen LogP contribution in [0.4, 0.5) is 0 Å². The van der Waals surface area contributed by atoms with Gasteiger partial charge in [-0.05, 0) is 23.8 Å². The van der Waals surface area contributed by atoms with Crippen molar-refractivity contribution in [3.05, 3.63) is 84.1 Å². The van der Waals surface area contributed by atoms with Gasteiger partial charge in [-0.25, -0.2) is 4.98 Å². The van der Waals surface area contributed by atoms with Crippen LogP contribution in [0.15, 0.2) is 72.8 Å². The van der Waals surface area contributed by atoms with Gasteiger partial charge in [0, 0.05) is 11.5 Å². The highest BCUT2D eigenvalue weighted by molar-refractivity contribution is 6.08. The van der Waals surface area contributed by atoms with Crippen molar-refractivity contribution in [2.45, 2.75) is 0 Å². The molecule has 4 heteroatoms. The maximum atomic E-state index is 12.1. The van der Waals surface area contributed by atoms with Crippen LogP contribution in [0.2, 0.25) is 0 Å². The Bertz CT molecular complexity index is 886. The third-order valence-corrected chi connectivity index (χ3v) is 3.29. The molecule has 4 nitrogen and oxygen atoms in total. The molecule has 0 bridgehead atoms. The number of hydrogen-bond acceptors (Lipinski definition) is 3. The van der Waals surface area contributed by atoms with Gasteiger partial charge in [-0.15, -0.1) is 0 Å². The number of rotatable bonds is 3. The summed E-state index contributed by atoms with van der Waals surface area (Å²) >= 11 is 0. The first-order valence-corrected chi connectivity index (χ1v) is 7.16. The summed E-state index contributed by atoms with van der Waals surface area (Å²) in [5, 5.41) is 3.25. The zero-order valence-corrected chi connectivity index (χ0v) is 12.3. The lowest BCUT2D eigenvalue weighted by Gasteiger charge is -2.02. The van der Waals surface area contributed by atoms with Crippen molar-refractivity contribution >= 4 is 28.8 Å². The second kappa shape index (κ2) is 6.66. The van der Waals surface area contributed by atoms with E-state index in [1.54, 1.807) is 12.1 Å². The molecule has 0 saturated carbocycles. The summed E-state index contributed by atoms with van der Waals surface area (Å²) in [6, 6.07) is 20.3. The lowest BCUT2D eigenvalue weighted by Crippen LogP contribution is -2.29. The van der Waals surface area contributed by atoms with Crippen LogP contribution in [0.1, 0.15) is 16.1 Å². The molecule has 3 rings (SSSR count). The fourth-order valence-corrected chi connectivity index (χ4v) is 2.15. The summed E-state index contributed by atoms with van der Waals surface area (Å²) in [4.78, 5) is 28.2. The van der Waals surface area contributed by atoms with Crippen molar-refractivity contribution in [2.24, 2.45) is 0 Å². The van der Waals surface area contributed by atoms with E-state index in [0.717, 1.165) is 10.9 Å². The minimum Gasteiger partial charge on any atom is -0.287 e. The lowest BCUT2D eigenvalue weighted by molar-refractivity contribution is -0.115. The summed E-state index contributed by atoms with van der Waals surface area (Å²) in [6.07, 6.45) is 2.98. The number of hydrogen-bond donors (Lipinski definition) is 1. The number of nitrogens with one attached hydrogen (secondary N) is 1. The number of carbonyl (C=O) groups is 2. The molecule has 0 fully saturated rings. The maximum absolute atomic E-state index is 12.1. The summed E-state index contributed by atoms with van der Waals surface area (Å²) in [6.45, 7) is 0. The number of fused-ring (bicyclic) bond motifs is 1. The highest BCUT2D eigenvalue weighted by Gasteiger charge is 2.10. The normalized spacial score (nSPS) is 10.8. The first kappa shape index (κ1) is 14.7. The molecule has 3 aromatic rings. The quantitative estimate of drug-likeness (QED) is 0.756. The number of aromatic nitrogens is 1. The molecule has 23 heavy (non-hydrogen) atoms. The second-order valence-corrected chi connectivity index (χ2v) is 4.95. The molecule has 0 unspecified atom stereocenters. The van der Waals surface area contributed by atoms with Gasteiger partial charge in [-0.2, -0.15) is 0 Å². The minimum absolute atomic E-state index is 0.213. The molecule has 0 aliphatic carbocycles. The van der Waals surface area contributed by atoms with Crippen LogP contribution in [0, 0.1) is 0 Å². The maximum Gasteiger partial charge on any atom is 0.276 e. The molecule has 0 radical (unpaired) electrons. The Kier molecular flexibility index (Phi) is 4.25. The van der Waals surface area contributed by atoms with Gasteiger partial charge in [0.25, 0.3) is 11.8 Å². The van der Waals surface area contributed by atoms with E-state index in [0.29, 0.717) is 5.52 Å². The standard InChI is InChI=1S/C19H14N2O2/c22-18(13-10-14-6-2-1-3-7-14)21-19(23)17-12-11-15-8-4-5-9-16(15)20-17/h1-13H,(H,21,22,23)/b13-10+. The van der Waals surface area contributed by atoms with Crippen molar-refractivity contribution in [2.75, 3.05) is 0 Å². The number of amides is 2. The Labute approximate surface area is 133 Å². The lowest BCUT2D eigenvalue weighted by atomic mass is 10.2. The number of para-hydroxylation sites is 1. The molecule has 1 N–H and O–H groups in total. The molecule has 0 aliphatic rings. The molecule has 2 amide bonds. The van der Waals surface area contributed by atoms with E-state index in [2.05, 4.69) is 10.3 Å². The van der Waals surface area contributed by atoms with Gasteiger partial charge in [0.1, 0.15) is 5.69 Å². The summed E-state index contributed by atoms with van der Waals surface area (Å²) < 4.78 is 0. The number of nitrogens with zero attached hydrogens (tertiary/aromatic N) is 1. The zero-order valence-electron chi connectivity index (χ0n) is 12.3. The van der Waals surface area contributed by atoms with E-state index in [4.69, 9.17) is 0 Å². The number of pyridine rings is 1. The topological polar surface area (TPSA) is 59.1 Å². The zero-order chi connectivity index (χ0) is 16.1. The smallest absolute Gasteiger partial charge is 0.276 e. The molecule has 1 aromatic heterocycles. The molecule has 0 saturated heterocycles. The molecule has 2 aromatic carbocycles. The van der Waals surface area contributed by atoms with E-state index in [-0.39, 0.29) is 5.69 Å². The average Bonchev–Trinajstić information content (AvgIpc) is 2.60. The Morgan fingerprint density at radius 1 is 0.870 bits per heavy atom. The highest BCUT2D eigenvalue weighted by Crippen LogP contribution is 2.11. The van der Waals surface area contributed by atoms with Crippen LogP contribution in [0.5, 0.6) is 0 Å². The Balaban J connectivity index is 1.70. The monoisotopic (exact) mass is 302 g/mol. The van der Waals surface area contributed by atoms with E-state index in [9.17, 15) is 9.59 Å². The fraction of sp³-hybridized carbons (Fsp3) is 0. The molecule has 0 aliphatic heterocycles. The van der Waals surface area contributed by atoms with Gasteiger partial charge in [0.2, 0.25) is 0 Å². The van der Waals surface area contributed by atoms with E-state index < -0.39 is 11.8 Å². The van der Waals surface area contributed by atoms with E-state index in [1.165, 1.54) is 6.08 Å². The van der Waals surface area contributed by atoms with Crippen LogP contribution in [0.25, 0.3) is 17.0 Å². The Hall–Kier alpha value is -3.27. The predicted octanol–water partition coefficient (Wildman–Crippen LogP) is 3.20. The highest BCUT2D eigenvalue weighted by atomic mass is 16.2. The molecule has 112 valence electrons. The second-order valence-electron chi connectivity index (χ2n) is 4.95. The van der Waals surface area contributed by atoms with Gasteiger partial charge in [-0.3, -0.25) is 14.9 Å². The average molecular weight is 302 g/mol. The number of imide groups is 1. The first-order chi connectivity index (χ1) is 11.2. The van der Waals surface area contributed by atoms with E-state index in [1.807, 2.05) is 60.7 Å². The number of benzene rings is 2. The third kappa shape index (κ3) is 3.68. The van der Waals surface area contributed by atoms with Crippen molar-refractivity contribution in [1.82, 2.24) is 10.3 Å². The predicted molar refractivity (Wildman–Crippen MR) is 89.7 cm³/mol. The SMILES string of the molecule is O=C(/C=C/c1ccccc1)NC(=O)c1ccc2ccccc2n1. The van der Waals surface area contributed by atoms with Crippen molar-refractivity contribution in [3.8, 4) is 0 Å². The molecular formula is C19H14N2O2. The van der Waals surface area contributed by atoms with Gasteiger partial charge >= 0.3 is 0 Å². The third-order valence-electron chi connectivity index (χ3n) is 3.29. The molecule has 1 heterocycles. The van der Waals surface area contributed by atoms with Crippen LogP contribution in [-0.4, -0.2) is 16.8 Å². The Morgan fingerprint density at radius 3 is 2.43 bits per heavy atom. The van der Waals surface area contributed by atoms with Gasteiger partial charge < -0.3 is 0 Å². The molecule has 0 atom stereocenters. The van der Waals surface area contributed by atoms with E-state index >= 15 is 0 Å². The minimum atomic E-state index is -0.515. The van der Waals surface area contributed by atoms with Crippen LogP contribution >= 0.6 is 0 Å².